The summed E-state index contributed by atoms with van der Waals surface area (Å²) in [6.45, 7) is 2.35. The number of carbonyl (C=O) groups excluding carboxylic acids is 1. The van der Waals surface area contributed by atoms with E-state index < -0.39 is 0 Å². The molecule has 1 unspecified atom stereocenters. The molecule has 0 aliphatic rings. The van der Waals surface area contributed by atoms with Crippen molar-refractivity contribution in [1.29, 1.82) is 0 Å². The van der Waals surface area contributed by atoms with Gasteiger partial charge in [0, 0.05) is 25.3 Å². The number of nitrogens with two attached hydrogens (primary N) is 1. The molecule has 1 aromatic carbocycles. The van der Waals surface area contributed by atoms with Gasteiger partial charge in [0.1, 0.15) is 0 Å². The SMILES string of the molecule is COCc1cccc(NC(=O)CC(C)N)c1. The molecule has 1 rings (SSSR count). The fourth-order valence-electron chi connectivity index (χ4n) is 1.41. The predicted molar refractivity (Wildman–Crippen MR) is 64.1 cm³/mol. The Bertz CT molecular complexity index is 351. The van der Waals surface area contributed by atoms with Crippen LogP contribution in [-0.2, 0) is 16.1 Å². The van der Waals surface area contributed by atoms with Crippen molar-refractivity contribution >= 4 is 11.6 Å². The van der Waals surface area contributed by atoms with Gasteiger partial charge in [-0.15, -0.1) is 0 Å². The first-order chi connectivity index (χ1) is 7.61. The number of amides is 1. The van der Waals surface area contributed by atoms with E-state index in [9.17, 15) is 4.79 Å². The molecule has 0 saturated heterocycles. The summed E-state index contributed by atoms with van der Waals surface area (Å²) >= 11 is 0. The van der Waals surface area contributed by atoms with Gasteiger partial charge in [-0.25, -0.2) is 0 Å². The Kier molecular flexibility index (Phi) is 4.95. The van der Waals surface area contributed by atoms with E-state index in [1.54, 1.807) is 14.0 Å². The van der Waals surface area contributed by atoms with Crippen molar-refractivity contribution in [3.63, 3.8) is 0 Å². The molecule has 3 N–H and O–H groups in total. The van der Waals surface area contributed by atoms with Crippen molar-refractivity contribution in [2.45, 2.75) is 26.0 Å². The molecule has 0 aliphatic carbocycles. The Morgan fingerprint density at radius 3 is 2.94 bits per heavy atom. The van der Waals surface area contributed by atoms with Crippen molar-refractivity contribution in [2.75, 3.05) is 12.4 Å². The number of methoxy groups -OCH3 is 1. The maximum absolute atomic E-state index is 11.5. The standard InChI is InChI=1S/C12H18N2O2/c1-9(13)6-12(15)14-11-5-3-4-10(7-11)8-16-2/h3-5,7,9H,6,8,13H2,1-2H3,(H,14,15). The number of nitrogens with one attached hydrogen (secondary N) is 1. The van der Waals surface area contributed by atoms with Crippen LogP contribution >= 0.6 is 0 Å². The highest BCUT2D eigenvalue weighted by Gasteiger charge is 2.05. The van der Waals surface area contributed by atoms with Crippen molar-refractivity contribution in [1.82, 2.24) is 0 Å². The molecule has 0 aliphatic heterocycles. The maximum Gasteiger partial charge on any atom is 0.225 e. The van der Waals surface area contributed by atoms with Crippen LogP contribution < -0.4 is 11.1 Å². The molecule has 1 atom stereocenters. The first kappa shape index (κ1) is 12.7. The number of benzene rings is 1. The molecule has 4 heteroatoms. The summed E-state index contributed by atoms with van der Waals surface area (Å²) in [6.07, 6.45) is 0.328. The molecule has 1 aromatic rings. The summed E-state index contributed by atoms with van der Waals surface area (Å²) in [4.78, 5) is 11.5. The number of hydrogen-bond donors (Lipinski definition) is 2. The van der Waals surface area contributed by atoms with Gasteiger partial charge in [-0.3, -0.25) is 4.79 Å². The topological polar surface area (TPSA) is 64.3 Å². The highest BCUT2D eigenvalue weighted by atomic mass is 16.5. The van der Waals surface area contributed by atoms with Crippen molar-refractivity contribution in [3.05, 3.63) is 29.8 Å². The van der Waals surface area contributed by atoms with E-state index in [1.807, 2.05) is 24.3 Å². The van der Waals surface area contributed by atoms with Gasteiger partial charge in [0.05, 0.1) is 6.61 Å². The quantitative estimate of drug-likeness (QED) is 0.793. The van der Waals surface area contributed by atoms with Gasteiger partial charge in [0.25, 0.3) is 0 Å². The Morgan fingerprint density at radius 1 is 1.56 bits per heavy atom. The van der Waals surface area contributed by atoms with Crippen LogP contribution in [0.2, 0.25) is 0 Å². The summed E-state index contributed by atoms with van der Waals surface area (Å²) in [5.74, 6) is -0.0652. The zero-order chi connectivity index (χ0) is 12.0. The average molecular weight is 222 g/mol. The Hall–Kier alpha value is -1.39. The summed E-state index contributed by atoms with van der Waals surface area (Å²) in [5.41, 5.74) is 7.35. The Balaban J connectivity index is 2.59. The second-order valence-electron chi connectivity index (χ2n) is 3.86. The van der Waals surface area contributed by atoms with E-state index in [2.05, 4.69) is 5.32 Å². The van der Waals surface area contributed by atoms with E-state index in [-0.39, 0.29) is 11.9 Å². The molecule has 0 radical (unpaired) electrons. The lowest BCUT2D eigenvalue weighted by molar-refractivity contribution is -0.116. The van der Waals surface area contributed by atoms with Crippen LogP contribution in [0.5, 0.6) is 0 Å². The Labute approximate surface area is 95.8 Å². The number of hydrogen-bond acceptors (Lipinski definition) is 3. The third-order valence-electron chi connectivity index (χ3n) is 2.03. The monoisotopic (exact) mass is 222 g/mol. The van der Waals surface area contributed by atoms with E-state index in [4.69, 9.17) is 10.5 Å². The normalized spacial score (nSPS) is 12.2. The molecule has 88 valence electrons. The Morgan fingerprint density at radius 2 is 2.31 bits per heavy atom. The van der Waals surface area contributed by atoms with E-state index in [1.165, 1.54) is 0 Å². The lowest BCUT2D eigenvalue weighted by atomic mass is 10.2. The fraction of sp³-hybridized carbons (Fsp3) is 0.417. The van der Waals surface area contributed by atoms with Crippen LogP contribution in [-0.4, -0.2) is 19.1 Å². The van der Waals surface area contributed by atoms with Crippen LogP contribution in [0, 0.1) is 0 Å². The number of carbonyl (C=O) groups is 1. The van der Waals surface area contributed by atoms with Gasteiger partial charge >= 0.3 is 0 Å². The molecule has 0 saturated carbocycles. The average Bonchev–Trinajstić information content (AvgIpc) is 2.17. The number of rotatable bonds is 5. The molecular formula is C12H18N2O2. The fourth-order valence-corrected chi connectivity index (χ4v) is 1.41. The van der Waals surface area contributed by atoms with Crippen LogP contribution in [0.25, 0.3) is 0 Å². The van der Waals surface area contributed by atoms with Crippen molar-refractivity contribution < 1.29 is 9.53 Å². The lowest BCUT2D eigenvalue weighted by Crippen LogP contribution is -2.23. The molecule has 16 heavy (non-hydrogen) atoms. The zero-order valence-electron chi connectivity index (χ0n) is 9.69. The van der Waals surface area contributed by atoms with Gasteiger partial charge in [0.2, 0.25) is 5.91 Å². The third-order valence-corrected chi connectivity index (χ3v) is 2.03. The first-order valence-corrected chi connectivity index (χ1v) is 5.25. The molecule has 0 aromatic heterocycles. The van der Waals surface area contributed by atoms with Crippen LogP contribution in [0.4, 0.5) is 5.69 Å². The van der Waals surface area contributed by atoms with Crippen LogP contribution in [0.1, 0.15) is 18.9 Å². The highest BCUT2D eigenvalue weighted by Crippen LogP contribution is 2.11. The molecule has 1 amide bonds. The van der Waals surface area contributed by atoms with Gasteiger partial charge < -0.3 is 15.8 Å². The van der Waals surface area contributed by atoms with Gasteiger partial charge in [-0.1, -0.05) is 12.1 Å². The number of ether oxygens (including phenoxy) is 1. The predicted octanol–water partition coefficient (Wildman–Crippen LogP) is 1.51. The molecule has 4 nitrogen and oxygen atoms in total. The minimum Gasteiger partial charge on any atom is -0.380 e. The van der Waals surface area contributed by atoms with E-state index >= 15 is 0 Å². The largest absolute Gasteiger partial charge is 0.380 e. The van der Waals surface area contributed by atoms with E-state index in [0.717, 1.165) is 11.3 Å². The lowest BCUT2D eigenvalue weighted by Gasteiger charge is -2.08. The van der Waals surface area contributed by atoms with Gasteiger partial charge in [0.15, 0.2) is 0 Å². The van der Waals surface area contributed by atoms with Gasteiger partial charge in [-0.05, 0) is 24.6 Å². The summed E-state index contributed by atoms with van der Waals surface area (Å²) in [6, 6.07) is 7.45. The molecule has 0 heterocycles. The second-order valence-corrected chi connectivity index (χ2v) is 3.86. The van der Waals surface area contributed by atoms with Crippen LogP contribution in [0.15, 0.2) is 24.3 Å². The zero-order valence-corrected chi connectivity index (χ0v) is 9.69. The third kappa shape index (κ3) is 4.42. The summed E-state index contributed by atoms with van der Waals surface area (Å²) in [5, 5.41) is 2.80. The van der Waals surface area contributed by atoms with E-state index in [0.29, 0.717) is 13.0 Å². The van der Waals surface area contributed by atoms with Crippen LogP contribution in [0.3, 0.4) is 0 Å². The smallest absolute Gasteiger partial charge is 0.225 e. The number of anilines is 1. The molecule has 0 spiro atoms. The highest BCUT2D eigenvalue weighted by molar-refractivity contribution is 5.91. The maximum atomic E-state index is 11.5. The minimum absolute atomic E-state index is 0.0652. The summed E-state index contributed by atoms with van der Waals surface area (Å²) in [7, 11) is 1.64. The van der Waals surface area contributed by atoms with Gasteiger partial charge in [-0.2, -0.15) is 0 Å². The molecule has 0 bridgehead atoms. The first-order valence-electron chi connectivity index (χ1n) is 5.25. The minimum atomic E-state index is -0.123. The van der Waals surface area contributed by atoms with Crippen molar-refractivity contribution in [2.24, 2.45) is 5.73 Å². The molecular weight excluding hydrogens is 204 g/mol. The van der Waals surface area contributed by atoms with Crippen molar-refractivity contribution in [3.8, 4) is 0 Å². The second kappa shape index (κ2) is 6.25. The molecule has 0 fully saturated rings. The summed E-state index contributed by atoms with van der Waals surface area (Å²) < 4.78 is 5.02.